The minimum Gasteiger partial charge on any atom is -0.481 e. The summed E-state index contributed by atoms with van der Waals surface area (Å²) < 4.78 is 43.4. The summed E-state index contributed by atoms with van der Waals surface area (Å²) in [6.45, 7) is 0.693. The van der Waals surface area contributed by atoms with E-state index in [0.717, 1.165) is 6.07 Å². The molecule has 2 N–H and O–H groups in total. The summed E-state index contributed by atoms with van der Waals surface area (Å²) in [5, 5.41) is 20.5. The molecule has 1 unspecified atom stereocenters. The van der Waals surface area contributed by atoms with Crippen LogP contribution in [0.4, 0.5) is 13.2 Å². The van der Waals surface area contributed by atoms with Crippen LogP contribution < -0.4 is 4.74 Å². The molecule has 1 saturated heterocycles. The molecule has 0 spiro atoms. The Kier molecular flexibility index (Phi) is 7.59. The molecule has 1 aromatic carbocycles. The number of aliphatic carboxylic acids is 1. The number of hydrogen-bond acceptors (Lipinski definition) is 5. The van der Waals surface area contributed by atoms with Crippen molar-refractivity contribution in [2.24, 2.45) is 13.0 Å². The molecule has 13 heteroatoms. The normalized spacial score (nSPS) is 15.7. The number of nitrogens with zero attached hydrogens (tertiary/aromatic N) is 3. The predicted octanol–water partition coefficient (Wildman–Crippen LogP) is 5.19. The predicted molar refractivity (Wildman–Crippen MR) is 129 cm³/mol. The van der Waals surface area contributed by atoms with Gasteiger partial charge in [-0.05, 0) is 37.0 Å². The van der Waals surface area contributed by atoms with Crippen molar-refractivity contribution in [3.63, 3.8) is 0 Å². The number of ether oxygens (including phenoxy) is 1. The summed E-state index contributed by atoms with van der Waals surface area (Å²) in [6, 6.07) is 5.33. The number of aromatic nitrogens is 2. The zero-order valence-electron chi connectivity index (χ0n) is 19.4. The number of amides is 1. The lowest BCUT2D eigenvalue weighted by molar-refractivity contribution is -0.274. The van der Waals surface area contributed by atoms with E-state index < -0.39 is 30.1 Å². The van der Waals surface area contributed by atoms with Crippen LogP contribution in [0.3, 0.4) is 0 Å². The van der Waals surface area contributed by atoms with Gasteiger partial charge in [0.25, 0.3) is 5.91 Å². The minimum absolute atomic E-state index is 0.0207. The topological polar surface area (TPSA) is 105 Å². The zero-order valence-corrected chi connectivity index (χ0v) is 20.9. The summed E-state index contributed by atoms with van der Waals surface area (Å²) >= 11 is 12.8. The van der Waals surface area contributed by atoms with Gasteiger partial charge in [-0.25, -0.2) is 4.98 Å². The number of fused-ring (bicyclic) bond motifs is 1. The number of halogens is 5. The summed E-state index contributed by atoms with van der Waals surface area (Å²) in [5.41, 5.74) is 0.611. The van der Waals surface area contributed by atoms with Crippen molar-refractivity contribution >= 4 is 46.0 Å². The molecule has 1 atom stereocenters. The summed E-state index contributed by atoms with van der Waals surface area (Å²) in [7, 11) is 1.55. The van der Waals surface area contributed by atoms with Crippen molar-refractivity contribution in [1.82, 2.24) is 14.5 Å². The van der Waals surface area contributed by atoms with E-state index in [0.29, 0.717) is 36.8 Å². The highest BCUT2D eigenvalue weighted by atomic mass is 35.5. The number of aliphatic hydroxyl groups excluding tert-OH is 1. The number of pyridine rings is 1. The van der Waals surface area contributed by atoms with Crippen LogP contribution in [-0.4, -0.2) is 56.0 Å². The second-order valence-electron chi connectivity index (χ2n) is 8.82. The molecule has 0 bridgehead atoms. The van der Waals surface area contributed by atoms with E-state index in [1.165, 1.54) is 22.9 Å². The Bertz CT molecular complexity index is 1350. The Labute approximate surface area is 219 Å². The SMILES string of the molecule is Cn1c(C(O)c2c(Cl)ncc(C(=O)N3CCC(CC(=O)O)CC3)c2Cl)cc2ccc(OC(F)(F)F)cc21. The average Bonchev–Trinajstić information content (AvgIpc) is 3.13. The molecule has 4 rings (SSSR count). The second kappa shape index (κ2) is 10.4. The molecule has 0 saturated carbocycles. The molecule has 37 heavy (non-hydrogen) atoms. The second-order valence-corrected chi connectivity index (χ2v) is 9.56. The highest BCUT2D eigenvalue weighted by molar-refractivity contribution is 6.37. The number of alkyl halides is 3. The van der Waals surface area contributed by atoms with Crippen LogP contribution >= 0.6 is 23.2 Å². The van der Waals surface area contributed by atoms with Crippen LogP contribution in [0.15, 0.2) is 30.5 Å². The fourth-order valence-electron chi connectivity index (χ4n) is 4.56. The first-order valence-electron chi connectivity index (χ1n) is 11.2. The Morgan fingerprint density at radius 2 is 1.89 bits per heavy atom. The molecular formula is C24H22Cl2F3N3O5. The number of aliphatic hydroxyl groups is 1. The largest absolute Gasteiger partial charge is 0.573 e. The van der Waals surface area contributed by atoms with Crippen molar-refractivity contribution < 1.29 is 37.7 Å². The van der Waals surface area contributed by atoms with Crippen LogP contribution in [-0.2, 0) is 11.8 Å². The van der Waals surface area contributed by atoms with Crippen LogP contribution in [0.25, 0.3) is 10.9 Å². The Morgan fingerprint density at radius 1 is 1.22 bits per heavy atom. The minimum atomic E-state index is -4.85. The van der Waals surface area contributed by atoms with Gasteiger partial charge in [0, 0.05) is 49.8 Å². The molecular weight excluding hydrogens is 538 g/mol. The van der Waals surface area contributed by atoms with Crippen LogP contribution in [0.1, 0.15) is 47.0 Å². The lowest BCUT2D eigenvalue weighted by Gasteiger charge is -2.31. The number of aryl methyl sites for hydroxylation is 1. The molecule has 8 nitrogen and oxygen atoms in total. The Hall–Kier alpha value is -3.02. The van der Waals surface area contributed by atoms with Crippen molar-refractivity contribution in [3.8, 4) is 5.75 Å². The van der Waals surface area contributed by atoms with Gasteiger partial charge < -0.3 is 24.4 Å². The zero-order chi connectivity index (χ0) is 27.1. The van der Waals surface area contributed by atoms with Gasteiger partial charge in [-0.3, -0.25) is 9.59 Å². The number of carbonyl (C=O) groups is 2. The van der Waals surface area contributed by atoms with Gasteiger partial charge in [0.1, 0.15) is 17.0 Å². The summed E-state index contributed by atoms with van der Waals surface area (Å²) in [5.74, 6) is -1.75. The third-order valence-electron chi connectivity index (χ3n) is 6.44. The summed E-state index contributed by atoms with van der Waals surface area (Å²) in [4.78, 5) is 29.7. The van der Waals surface area contributed by atoms with E-state index in [-0.39, 0.29) is 39.3 Å². The smallest absolute Gasteiger partial charge is 0.481 e. The number of piperidine rings is 1. The maximum Gasteiger partial charge on any atom is 0.573 e. The standard InChI is InChI=1S/C24H22Cl2F3N3O5/c1-31-16-10-14(37-24(27,28)29)3-2-13(16)9-17(31)21(35)19-20(25)15(11-30-22(19)26)23(36)32-6-4-12(5-7-32)8-18(33)34/h2-3,9-12,21,35H,4-8H2,1H3,(H,33,34). The number of rotatable bonds is 6. The van der Waals surface area contributed by atoms with Crippen molar-refractivity contribution in [3.05, 3.63) is 57.5 Å². The van der Waals surface area contributed by atoms with E-state index >= 15 is 0 Å². The molecule has 1 amide bonds. The first kappa shape index (κ1) is 27.0. The first-order valence-corrected chi connectivity index (χ1v) is 12.0. The van der Waals surface area contributed by atoms with Gasteiger partial charge in [-0.15, -0.1) is 13.2 Å². The lowest BCUT2D eigenvalue weighted by Crippen LogP contribution is -2.39. The van der Waals surface area contributed by atoms with E-state index in [9.17, 15) is 27.9 Å². The van der Waals surface area contributed by atoms with E-state index in [1.54, 1.807) is 18.0 Å². The third-order valence-corrected chi connectivity index (χ3v) is 7.15. The molecule has 1 aliphatic heterocycles. The van der Waals surface area contributed by atoms with Crippen molar-refractivity contribution in [2.75, 3.05) is 13.1 Å². The molecule has 2 aromatic heterocycles. The van der Waals surface area contributed by atoms with Gasteiger partial charge in [0.05, 0.1) is 21.8 Å². The Morgan fingerprint density at radius 3 is 2.51 bits per heavy atom. The van der Waals surface area contributed by atoms with Gasteiger partial charge in [-0.2, -0.15) is 0 Å². The quantitative estimate of drug-likeness (QED) is 0.403. The molecule has 1 aliphatic rings. The molecule has 1 fully saturated rings. The van der Waals surface area contributed by atoms with Gasteiger partial charge in [0.15, 0.2) is 0 Å². The fourth-order valence-corrected chi connectivity index (χ4v) is 5.18. The first-order chi connectivity index (χ1) is 17.4. The number of carboxylic acids is 1. The Balaban J connectivity index is 1.62. The highest BCUT2D eigenvalue weighted by Crippen LogP contribution is 2.38. The summed E-state index contributed by atoms with van der Waals surface area (Å²) in [6.07, 6.45) is -3.99. The highest BCUT2D eigenvalue weighted by Gasteiger charge is 2.32. The molecule has 3 aromatic rings. The van der Waals surface area contributed by atoms with Gasteiger partial charge in [0.2, 0.25) is 0 Å². The van der Waals surface area contributed by atoms with Crippen molar-refractivity contribution in [2.45, 2.75) is 31.7 Å². The lowest BCUT2D eigenvalue weighted by atomic mass is 9.93. The van der Waals surface area contributed by atoms with E-state index in [1.807, 2.05) is 0 Å². The number of carboxylic acid groups (broad SMARTS) is 1. The van der Waals surface area contributed by atoms with Crippen LogP contribution in [0.2, 0.25) is 10.2 Å². The maximum absolute atomic E-state index is 13.2. The maximum atomic E-state index is 13.2. The van der Waals surface area contributed by atoms with E-state index in [2.05, 4.69) is 9.72 Å². The number of benzene rings is 1. The number of carbonyl (C=O) groups excluding carboxylic acids is 1. The fraction of sp³-hybridized carbons (Fsp3) is 0.375. The third kappa shape index (κ3) is 5.78. The van der Waals surface area contributed by atoms with Gasteiger partial charge in [-0.1, -0.05) is 23.2 Å². The van der Waals surface area contributed by atoms with E-state index in [4.69, 9.17) is 28.3 Å². The monoisotopic (exact) mass is 559 g/mol. The number of hydrogen-bond donors (Lipinski definition) is 2. The van der Waals surface area contributed by atoms with Crippen molar-refractivity contribution in [1.29, 1.82) is 0 Å². The molecule has 0 aliphatic carbocycles. The van der Waals surface area contributed by atoms with Crippen LogP contribution in [0, 0.1) is 5.92 Å². The molecule has 0 radical (unpaired) electrons. The van der Waals surface area contributed by atoms with Crippen LogP contribution in [0.5, 0.6) is 5.75 Å². The number of likely N-dealkylation sites (tertiary alicyclic amines) is 1. The molecule has 3 heterocycles. The average molecular weight is 560 g/mol. The van der Waals surface area contributed by atoms with Gasteiger partial charge >= 0.3 is 12.3 Å². The molecule has 198 valence electrons.